The lowest BCUT2D eigenvalue weighted by Gasteiger charge is -2.42. The lowest BCUT2D eigenvalue weighted by Crippen LogP contribution is -2.43. The van der Waals surface area contributed by atoms with E-state index in [2.05, 4.69) is 126 Å². The van der Waals surface area contributed by atoms with Crippen molar-refractivity contribution in [1.29, 1.82) is 0 Å². The maximum atomic E-state index is 4.48. The van der Waals surface area contributed by atoms with Crippen LogP contribution in [0.15, 0.2) is 86.6 Å². The van der Waals surface area contributed by atoms with Crippen LogP contribution in [0.25, 0.3) is 11.1 Å². The third-order valence-electron chi connectivity index (χ3n) is 9.75. The van der Waals surface area contributed by atoms with Crippen LogP contribution in [-0.2, 0) is 6.54 Å². The standard InChI is InChI=1S/C28H42N2.C10H12.C5H12.2C2H6.CH4/c1-6-27(20-24-10-8-7-9-11-24)29-23(4)28(5)16-18-30(19-17-28)21-25-12-14-26(15-13-25)22(2)3;1-8(2)10-6-4-9(3)5-7-10;1-3-5-4-2;2*1-2;/h6,12-15,24,27,29H,1-2,4,7-11,16-21H2,3,5H3;4-7H,1H2,2-3H3;3-5H2,1-2H3;2*1-2H3;1H4. The molecular formula is C48H82N2. The molecule has 0 amide bonds. The number of aryl methyl sites for hydroxylation is 1. The molecule has 284 valence electrons. The predicted molar refractivity (Wildman–Crippen MR) is 232 cm³/mol. The fourth-order valence-electron chi connectivity index (χ4n) is 6.25. The molecule has 2 fully saturated rings. The van der Waals surface area contributed by atoms with Gasteiger partial charge in [-0.2, -0.15) is 0 Å². The first-order chi connectivity index (χ1) is 23.5. The Morgan fingerprint density at radius 1 is 0.820 bits per heavy atom. The van der Waals surface area contributed by atoms with Crippen molar-refractivity contribution in [3.63, 3.8) is 0 Å². The van der Waals surface area contributed by atoms with Gasteiger partial charge >= 0.3 is 0 Å². The molecule has 2 aromatic rings. The van der Waals surface area contributed by atoms with Gasteiger partial charge in [0.15, 0.2) is 0 Å². The van der Waals surface area contributed by atoms with Crippen molar-refractivity contribution in [2.45, 2.75) is 160 Å². The number of unbranched alkanes of at least 4 members (excludes halogenated alkanes) is 2. The SMILES string of the molecule is C.C=C(C)c1ccc(C)cc1.C=CC(CC1CCCCC1)NC(=C)C1(C)CCN(Cc2ccc(C(=C)C)cc2)CC1.CC.CC.CCCCC. The summed E-state index contributed by atoms with van der Waals surface area (Å²) in [7, 11) is 0. The quantitative estimate of drug-likeness (QED) is 0.224. The summed E-state index contributed by atoms with van der Waals surface area (Å²) in [5, 5.41) is 3.77. The number of rotatable bonds is 12. The van der Waals surface area contributed by atoms with Gasteiger partial charge in [-0.3, -0.25) is 4.90 Å². The van der Waals surface area contributed by atoms with Gasteiger partial charge in [0.1, 0.15) is 0 Å². The molecule has 1 unspecified atom stereocenters. The van der Waals surface area contributed by atoms with Crippen LogP contribution in [0.1, 0.15) is 163 Å². The number of piperidine rings is 1. The predicted octanol–water partition coefficient (Wildman–Crippen LogP) is 14.9. The van der Waals surface area contributed by atoms with Crippen LogP contribution in [-0.4, -0.2) is 24.0 Å². The third-order valence-corrected chi connectivity index (χ3v) is 9.75. The average Bonchev–Trinajstić information content (AvgIpc) is 3.12. The number of nitrogens with one attached hydrogen (secondary N) is 1. The van der Waals surface area contributed by atoms with E-state index in [4.69, 9.17) is 0 Å². The highest BCUT2D eigenvalue weighted by Gasteiger charge is 2.33. The molecule has 0 radical (unpaired) electrons. The zero-order valence-corrected chi connectivity index (χ0v) is 34.0. The molecule has 1 aliphatic carbocycles. The summed E-state index contributed by atoms with van der Waals surface area (Å²) in [6.45, 7) is 40.7. The zero-order valence-electron chi connectivity index (χ0n) is 34.0. The van der Waals surface area contributed by atoms with Crippen molar-refractivity contribution in [2.75, 3.05) is 13.1 Å². The van der Waals surface area contributed by atoms with Crippen molar-refractivity contribution >= 4 is 11.1 Å². The summed E-state index contributed by atoms with van der Waals surface area (Å²) in [4.78, 5) is 2.58. The average molecular weight is 687 g/mol. The van der Waals surface area contributed by atoms with E-state index in [1.165, 1.54) is 85.7 Å². The van der Waals surface area contributed by atoms with Crippen molar-refractivity contribution in [1.82, 2.24) is 10.2 Å². The van der Waals surface area contributed by atoms with Crippen LogP contribution in [0, 0.1) is 18.3 Å². The van der Waals surface area contributed by atoms with Crippen LogP contribution in [0.3, 0.4) is 0 Å². The van der Waals surface area contributed by atoms with Gasteiger partial charge in [-0.1, -0.05) is 198 Å². The highest BCUT2D eigenvalue weighted by atomic mass is 15.1. The number of hydrogen-bond donors (Lipinski definition) is 1. The molecule has 1 N–H and O–H groups in total. The van der Waals surface area contributed by atoms with E-state index < -0.39 is 0 Å². The second-order valence-electron chi connectivity index (χ2n) is 14.0. The van der Waals surface area contributed by atoms with E-state index in [0.29, 0.717) is 6.04 Å². The van der Waals surface area contributed by atoms with Crippen LogP contribution < -0.4 is 5.32 Å². The van der Waals surface area contributed by atoms with Gasteiger partial charge in [-0.25, -0.2) is 0 Å². The van der Waals surface area contributed by atoms with Crippen molar-refractivity contribution in [3.05, 3.63) is 109 Å². The lowest BCUT2D eigenvalue weighted by molar-refractivity contribution is 0.132. The van der Waals surface area contributed by atoms with Gasteiger partial charge in [-0.05, 0) is 75.7 Å². The zero-order chi connectivity index (χ0) is 37.2. The number of hydrogen-bond acceptors (Lipinski definition) is 2. The van der Waals surface area contributed by atoms with Crippen LogP contribution >= 0.6 is 0 Å². The Kier molecular flexibility index (Phi) is 28.4. The normalized spacial score (nSPS) is 15.6. The minimum absolute atomic E-state index is 0. The molecule has 1 heterocycles. The molecule has 0 spiro atoms. The Morgan fingerprint density at radius 2 is 1.28 bits per heavy atom. The molecule has 0 bridgehead atoms. The van der Waals surface area contributed by atoms with E-state index in [0.717, 1.165) is 49.5 Å². The Hall–Kier alpha value is -2.84. The van der Waals surface area contributed by atoms with Crippen molar-refractivity contribution < 1.29 is 0 Å². The minimum Gasteiger partial charge on any atom is -0.382 e. The maximum absolute atomic E-state index is 4.48. The molecular weight excluding hydrogens is 605 g/mol. The van der Waals surface area contributed by atoms with Gasteiger partial charge in [0.25, 0.3) is 0 Å². The first-order valence-corrected chi connectivity index (χ1v) is 19.8. The van der Waals surface area contributed by atoms with Gasteiger partial charge in [0.05, 0.1) is 0 Å². The number of likely N-dealkylation sites (tertiary alicyclic amines) is 1. The first kappa shape index (κ1) is 49.3. The summed E-state index contributed by atoms with van der Waals surface area (Å²) in [6.07, 6.45) is 16.7. The fraction of sp³-hybridized carbons (Fsp3) is 0.583. The Labute approximate surface area is 313 Å². The van der Waals surface area contributed by atoms with Gasteiger partial charge in [-0.15, -0.1) is 6.58 Å². The highest BCUT2D eigenvalue weighted by Crippen LogP contribution is 2.37. The number of allylic oxidation sites excluding steroid dienone is 3. The Morgan fingerprint density at radius 3 is 1.68 bits per heavy atom. The molecule has 2 heteroatoms. The molecule has 2 aromatic carbocycles. The largest absolute Gasteiger partial charge is 0.382 e. The molecule has 1 aliphatic heterocycles. The highest BCUT2D eigenvalue weighted by molar-refractivity contribution is 5.61. The number of nitrogens with zero attached hydrogens (tertiary/aromatic N) is 1. The second-order valence-corrected chi connectivity index (χ2v) is 14.0. The molecule has 2 aliphatic rings. The molecule has 1 saturated carbocycles. The van der Waals surface area contributed by atoms with Gasteiger partial charge in [0, 0.05) is 23.7 Å². The summed E-state index contributed by atoms with van der Waals surface area (Å²) in [5.41, 5.74) is 8.79. The lowest BCUT2D eigenvalue weighted by atomic mass is 9.77. The summed E-state index contributed by atoms with van der Waals surface area (Å²) in [5.74, 6) is 0.855. The van der Waals surface area contributed by atoms with Crippen LogP contribution in [0.4, 0.5) is 0 Å². The Balaban J connectivity index is 0. The van der Waals surface area contributed by atoms with Crippen molar-refractivity contribution in [3.8, 4) is 0 Å². The maximum Gasteiger partial charge on any atom is 0.0441 e. The monoisotopic (exact) mass is 687 g/mol. The summed E-state index contributed by atoms with van der Waals surface area (Å²) in [6, 6.07) is 17.6. The minimum atomic E-state index is 0. The van der Waals surface area contributed by atoms with Gasteiger partial charge < -0.3 is 5.32 Å². The van der Waals surface area contributed by atoms with E-state index in [1.807, 2.05) is 34.6 Å². The van der Waals surface area contributed by atoms with E-state index in [-0.39, 0.29) is 12.8 Å². The molecule has 4 rings (SSSR count). The topological polar surface area (TPSA) is 15.3 Å². The van der Waals surface area contributed by atoms with Gasteiger partial charge in [0.2, 0.25) is 0 Å². The first-order valence-electron chi connectivity index (χ1n) is 19.8. The molecule has 2 nitrogen and oxygen atoms in total. The Bertz CT molecular complexity index is 1150. The van der Waals surface area contributed by atoms with Crippen molar-refractivity contribution in [2.24, 2.45) is 11.3 Å². The van der Waals surface area contributed by atoms with E-state index >= 15 is 0 Å². The fourth-order valence-corrected chi connectivity index (χ4v) is 6.25. The molecule has 50 heavy (non-hydrogen) atoms. The molecule has 1 atom stereocenters. The van der Waals surface area contributed by atoms with E-state index in [1.54, 1.807) is 0 Å². The summed E-state index contributed by atoms with van der Waals surface area (Å²) >= 11 is 0. The van der Waals surface area contributed by atoms with Crippen LogP contribution in [0.5, 0.6) is 0 Å². The van der Waals surface area contributed by atoms with E-state index in [9.17, 15) is 0 Å². The molecule has 0 aromatic heterocycles. The second kappa shape index (κ2) is 28.8. The summed E-state index contributed by atoms with van der Waals surface area (Å²) < 4.78 is 0. The smallest absolute Gasteiger partial charge is 0.0441 e. The third kappa shape index (κ3) is 19.5. The van der Waals surface area contributed by atoms with Crippen LogP contribution in [0.2, 0.25) is 0 Å². The number of benzene rings is 2. The molecule has 1 saturated heterocycles.